The highest BCUT2D eigenvalue weighted by atomic mass is 79.9. The van der Waals surface area contributed by atoms with Crippen molar-refractivity contribution < 1.29 is 9.90 Å². The zero-order valence-corrected chi connectivity index (χ0v) is 9.58. The maximum Gasteiger partial charge on any atom is 0.346 e. The topological polar surface area (TPSA) is 61.1 Å². The Kier molecular flexibility index (Phi) is 3.64. The number of hydrogen-bond acceptors (Lipinski definition) is 2. The van der Waals surface area contributed by atoms with E-state index in [1.54, 1.807) is 18.2 Å². The van der Waals surface area contributed by atoms with E-state index in [9.17, 15) is 4.79 Å². The van der Waals surface area contributed by atoms with Gasteiger partial charge in [0.15, 0.2) is 0 Å². The van der Waals surface area contributed by atoms with Gasteiger partial charge in [-0.15, -0.1) is 0 Å². The van der Waals surface area contributed by atoms with Crippen molar-refractivity contribution in [1.29, 1.82) is 5.26 Å². The molecule has 0 fully saturated rings. The van der Waals surface area contributed by atoms with E-state index < -0.39 is 5.97 Å². The predicted octanol–water partition coefficient (Wildman–Crippen LogP) is 2.75. The van der Waals surface area contributed by atoms with Gasteiger partial charge in [0.05, 0.1) is 0 Å². The van der Waals surface area contributed by atoms with Crippen molar-refractivity contribution in [2.24, 2.45) is 0 Å². The number of nitrogens with zero attached hydrogens (tertiary/aromatic N) is 1. The zero-order chi connectivity index (χ0) is 11.4. The Labute approximate surface area is 95.8 Å². The molecule has 1 rings (SSSR count). The smallest absolute Gasteiger partial charge is 0.346 e. The Morgan fingerprint density at radius 2 is 2.27 bits per heavy atom. The number of carboxylic acid groups (broad SMARTS) is 1. The fraction of sp³-hybridized carbons (Fsp3) is 0.0909. The normalized spacial score (nSPS) is 10.9. The number of rotatable bonds is 2. The molecule has 0 saturated heterocycles. The lowest BCUT2D eigenvalue weighted by atomic mass is 10.1. The number of hydrogen-bond donors (Lipinski definition) is 1. The molecule has 0 aliphatic heterocycles. The number of benzene rings is 1. The molecule has 76 valence electrons. The van der Waals surface area contributed by atoms with E-state index in [0.29, 0.717) is 5.56 Å². The summed E-state index contributed by atoms with van der Waals surface area (Å²) in [5.74, 6) is -1.21. The second-order valence-electron chi connectivity index (χ2n) is 2.98. The Hall–Kier alpha value is -1.60. The van der Waals surface area contributed by atoms with E-state index in [4.69, 9.17) is 10.4 Å². The fourth-order valence-corrected chi connectivity index (χ4v) is 1.40. The molecule has 0 atom stereocenters. The number of halogens is 1. The SMILES string of the molecule is Cc1ccc(/C=C(/C#N)C(=O)O)cc1Br. The molecule has 1 aromatic rings. The van der Waals surface area contributed by atoms with Crippen molar-refractivity contribution in [3.8, 4) is 6.07 Å². The monoisotopic (exact) mass is 265 g/mol. The maximum atomic E-state index is 10.6. The summed E-state index contributed by atoms with van der Waals surface area (Å²) < 4.78 is 0.888. The summed E-state index contributed by atoms with van der Waals surface area (Å²) in [5.41, 5.74) is 1.47. The third kappa shape index (κ3) is 2.93. The van der Waals surface area contributed by atoms with Gasteiger partial charge in [0.2, 0.25) is 0 Å². The maximum absolute atomic E-state index is 10.6. The average molecular weight is 266 g/mol. The van der Waals surface area contributed by atoms with Crippen molar-refractivity contribution in [3.05, 3.63) is 39.4 Å². The first kappa shape index (κ1) is 11.5. The van der Waals surface area contributed by atoms with Gasteiger partial charge < -0.3 is 5.11 Å². The molecule has 4 heteroatoms. The van der Waals surface area contributed by atoms with Crippen LogP contribution in [0.5, 0.6) is 0 Å². The molecule has 0 spiro atoms. The number of aliphatic carboxylic acids is 1. The van der Waals surface area contributed by atoms with Crippen LogP contribution in [0.1, 0.15) is 11.1 Å². The van der Waals surface area contributed by atoms with Crippen molar-refractivity contribution in [2.75, 3.05) is 0 Å². The van der Waals surface area contributed by atoms with Crippen LogP contribution in [0.15, 0.2) is 28.2 Å². The van der Waals surface area contributed by atoms with Crippen LogP contribution in [0, 0.1) is 18.3 Å². The highest BCUT2D eigenvalue weighted by molar-refractivity contribution is 9.10. The fourth-order valence-electron chi connectivity index (χ4n) is 1.01. The van der Waals surface area contributed by atoms with Gasteiger partial charge in [-0.1, -0.05) is 28.1 Å². The molecule has 0 saturated carbocycles. The molecule has 0 amide bonds. The number of carbonyl (C=O) groups is 1. The number of carboxylic acids is 1. The molecule has 0 radical (unpaired) electrons. The van der Waals surface area contributed by atoms with Gasteiger partial charge in [-0.25, -0.2) is 4.79 Å². The van der Waals surface area contributed by atoms with Crippen LogP contribution in [0.25, 0.3) is 6.08 Å². The lowest BCUT2D eigenvalue weighted by Gasteiger charge is -1.99. The molecule has 1 N–H and O–H groups in total. The van der Waals surface area contributed by atoms with E-state index in [1.165, 1.54) is 6.08 Å². The lowest BCUT2D eigenvalue weighted by Crippen LogP contribution is -1.97. The van der Waals surface area contributed by atoms with Crippen LogP contribution >= 0.6 is 15.9 Å². The highest BCUT2D eigenvalue weighted by Crippen LogP contribution is 2.19. The van der Waals surface area contributed by atoms with Gasteiger partial charge in [-0.2, -0.15) is 5.26 Å². The standard InChI is InChI=1S/C11H8BrNO2/c1-7-2-3-8(5-10(7)12)4-9(6-13)11(14)15/h2-5H,1H3,(H,14,15)/b9-4-. The van der Waals surface area contributed by atoms with Crippen LogP contribution in [0.3, 0.4) is 0 Å². The van der Waals surface area contributed by atoms with E-state index in [2.05, 4.69) is 15.9 Å². The molecule has 0 heterocycles. The quantitative estimate of drug-likeness (QED) is 0.661. The van der Waals surface area contributed by atoms with Crippen LogP contribution < -0.4 is 0 Å². The summed E-state index contributed by atoms with van der Waals surface area (Å²) in [5, 5.41) is 17.2. The molecule has 0 bridgehead atoms. The summed E-state index contributed by atoms with van der Waals surface area (Å²) in [6.07, 6.45) is 1.34. The van der Waals surface area contributed by atoms with Crippen LogP contribution in [-0.4, -0.2) is 11.1 Å². The minimum absolute atomic E-state index is 0.272. The molecule has 0 unspecified atom stereocenters. The van der Waals surface area contributed by atoms with Crippen LogP contribution in [0.4, 0.5) is 0 Å². The number of aryl methyl sites for hydroxylation is 1. The van der Waals surface area contributed by atoms with Crippen molar-refractivity contribution in [1.82, 2.24) is 0 Å². The predicted molar refractivity (Wildman–Crippen MR) is 60.1 cm³/mol. The minimum atomic E-state index is -1.21. The van der Waals surface area contributed by atoms with E-state index in [0.717, 1.165) is 10.0 Å². The molecular formula is C11H8BrNO2. The number of nitriles is 1. The van der Waals surface area contributed by atoms with Crippen molar-refractivity contribution in [3.63, 3.8) is 0 Å². The summed E-state index contributed by atoms with van der Waals surface area (Å²) >= 11 is 3.34. The zero-order valence-electron chi connectivity index (χ0n) is 7.99. The third-order valence-corrected chi connectivity index (χ3v) is 2.71. The van der Waals surface area contributed by atoms with E-state index in [-0.39, 0.29) is 5.57 Å². The van der Waals surface area contributed by atoms with Gasteiger partial charge in [-0.3, -0.25) is 0 Å². The van der Waals surface area contributed by atoms with Crippen LogP contribution in [0.2, 0.25) is 0 Å². The first-order chi connectivity index (χ1) is 7.04. The summed E-state index contributed by atoms with van der Waals surface area (Å²) in [6, 6.07) is 7.02. The lowest BCUT2D eigenvalue weighted by molar-refractivity contribution is -0.132. The van der Waals surface area contributed by atoms with Crippen molar-refractivity contribution in [2.45, 2.75) is 6.92 Å². The summed E-state index contributed by atoms with van der Waals surface area (Å²) in [4.78, 5) is 10.6. The Morgan fingerprint density at radius 3 is 2.73 bits per heavy atom. The first-order valence-electron chi connectivity index (χ1n) is 4.16. The molecule has 0 aromatic heterocycles. The Bertz CT molecular complexity index is 472. The molecule has 15 heavy (non-hydrogen) atoms. The first-order valence-corrected chi connectivity index (χ1v) is 4.95. The molecule has 0 aliphatic rings. The van der Waals surface area contributed by atoms with Gasteiger partial charge in [0.25, 0.3) is 0 Å². The highest BCUT2D eigenvalue weighted by Gasteiger charge is 2.05. The second-order valence-corrected chi connectivity index (χ2v) is 3.84. The Balaban J connectivity index is 3.14. The molecule has 0 aliphatic carbocycles. The van der Waals surface area contributed by atoms with Crippen LogP contribution in [-0.2, 0) is 4.79 Å². The average Bonchev–Trinajstić information content (AvgIpc) is 2.19. The van der Waals surface area contributed by atoms with E-state index >= 15 is 0 Å². The third-order valence-electron chi connectivity index (χ3n) is 1.86. The van der Waals surface area contributed by atoms with Gasteiger partial charge in [0, 0.05) is 4.47 Å². The molecular weight excluding hydrogens is 258 g/mol. The largest absolute Gasteiger partial charge is 0.477 e. The molecule has 3 nitrogen and oxygen atoms in total. The van der Waals surface area contributed by atoms with E-state index in [1.807, 2.05) is 13.0 Å². The second kappa shape index (κ2) is 4.76. The summed E-state index contributed by atoms with van der Waals surface area (Å²) in [7, 11) is 0. The Morgan fingerprint density at radius 1 is 1.60 bits per heavy atom. The van der Waals surface area contributed by atoms with Gasteiger partial charge in [0.1, 0.15) is 11.6 Å². The minimum Gasteiger partial charge on any atom is -0.477 e. The summed E-state index contributed by atoms with van der Waals surface area (Å²) in [6.45, 7) is 1.93. The van der Waals surface area contributed by atoms with Gasteiger partial charge >= 0.3 is 5.97 Å². The van der Waals surface area contributed by atoms with Crippen molar-refractivity contribution >= 4 is 28.0 Å². The molecule has 1 aromatic carbocycles. The van der Waals surface area contributed by atoms with Gasteiger partial charge in [-0.05, 0) is 30.2 Å².